The third kappa shape index (κ3) is 4.56. The largest absolute Gasteiger partial charge is 0.493 e. The van der Waals surface area contributed by atoms with Gasteiger partial charge >= 0.3 is 0 Å². The van der Waals surface area contributed by atoms with Gasteiger partial charge in [-0.1, -0.05) is 0 Å². The van der Waals surface area contributed by atoms with Gasteiger partial charge in [-0.15, -0.1) is 0 Å². The number of anilines is 2. The van der Waals surface area contributed by atoms with Crippen LogP contribution in [0, 0.1) is 23.2 Å². The number of carbonyl (C=O) groups excluding carboxylic acids is 2. The number of nitrogens with one attached hydrogen (secondary N) is 2. The fraction of sp³-hybridized carbons (Fsp3) is 0.481. The first-order valence-electron chi connectivity index (χ1n) is 11.9. The summed E-state index contributed by atoms with van der Waals surface area (Å²) in [5.74, 6) is 3.48. The zero-order valence-electron chi connectivity index (χ0n) is 19.4. The zero-order chi connectivity index (χ0) is 23.0. The molecule has 0 heterocycles. The van der Waals surface area contributed by atoms with Crippen molar-refractivity contribution in [3.05, 3.63) is 48.0 Å². The van der Waals surface area contributed by atoms with E-state index in [0.29, 0.717) is 29.2 Å². The van der Waals surface area contributed by atoms with Gasteiger partial charge in [-0.3, -0.25) is 9.59 Å². The highest BCUT2D eigenvalue weighted by Gasteiger charge is 2.51. The molecule has 4 fully saturated rings. The number of amides is 2. The van der Waals surface area contributed by atoms with E-state index in [1.807, 2.05) is 12.1 Å². The third-order valence-corrected chi connectivity index (χ3v) is 7.77. The molecule has 2 aromatic rings. The monoisotopic (exact) mass is 448 g/mol. The van der Waals surface area contributed by atoms with Crippen LogP contribution in [-0.2, 0) is 4.79 Å². The average molecular weight is 449 g/mol. The van der Waals surface area contributed by atoms with E-state index >= 15 is 0 Å². The molecule has 4 saturated carbocycles. The van der Waals surface area contributed by atoms with Gasteiger partial charge in [0.1, 0.15) is 0 Å². The summed E-state index contributed by atoms with van der Waals surface area (Å²) in [5, 5.41) is 5.96. The number of hydrogen-bond donors (Lipinski definition) is 2. The van der Waals surface area contributed by atoms with Crippen LogP contribution < -0.4 is 20.1 Å². The molecule has 0 radical (unpaired) electrons. The molecular weight excluding hydrogens is 416 g/mol. The number of methoxy groups -OCH3 is 2. The van der Waals surface area contributed by atoms with Crippen LogP contribution in [0.2, 0.25) is 0 Å². The summed E-state index contributed by atoms with van der Waals surface area (Å²) in [4.78, 5) is 25.5. The van der Waals surface area contributed by atoms with Gasteiger partial charge in [0.15, 0.2) is 11.5 Å². The maximum Gasteiger partial charge on any atom is 0.255 e. The molecule has 6 heteroatoms. The molecule has 33 heavy (non-hydrogen) atoms. The van der Waals surface area contributed by atoms with Crippen LogP contribution in [0.25, 0.3) is 0 Å². The number of rotatable bonds is 7. The van der Waals surface area contributed by atoms with Gasteiger partial charge in [0.05, 0.1) is 14.2 Å². The average Bonchev–Trinajstić information content (AvgIpc) is 2.78. The molecule has 4 aliphatic carbocycles. The van der Waals surface area contributed by atoms with Crippen LogP contribution in [-0.4, -0.2) is 26.0 Å². The van der Waals surface area contributed by atoms with Crippen LogP contribution in [0.15, 0.2) is 42.5 Å². The maximum atomic E-state index is 12.9. The Morgan fingerprint density at radius 2 is 1.36 bits per heavy atom. The second-order valence-electron chi connectivity index (χ2n) is 10.2. The summed E-state index contributed by atoms with van der Waals surface area (Å²) in [6.07, 6.45) is 8.48. The van der Waals surface area contributed by atoms with E-state index in [2.05, 4.69) is 10.6 Å². The molecular formula is C27H32N2O4. The normalized spacial score (nSPS) is 27.2. The molecule has 2 aromatic carbocycles. The maximum absolute atomic E-state index is 12.9. The number of benzene rings is 2. The molecule has 0 saturated heterocycles. The van der Waals surface area contributed by atoms with Gasteiger partial charge in [0.2, 0.25) is 5.91 Å². The highest BCUT2D eigenvalue weighted by atomic mass is 16.5. The van der Waals surface area contributed by atoms with Crippen molar-refractivity contribution in [3.8, 4) is 11.5 Å². The number of hydrogen-bond acceptors (Lipinski definition) is 4. The lowest BCUT2D eigenvalue weighted by Crippen LogP contribution is -2.47. The molecule has 0 aliphatic heterocycles. The SMILES string of the molecule is COc1ccc(C(=O)Nc2ccc(NC(=O)CC34CC5CC(CC(C5)C3)C4)cc2)cc1OC. The topological polar surface area (TPSA) is 76.7 Å². The summed E-state index contributed by atoms with van der Waals surface area (Å²) < 4.78 is 10.5. The zero-order valence-corrected chi connectivity index (χ0v) is 19.4. The fourth-order valence-electron chi connectivity index (χ4n) is 6.87. The van der Waals surface area contributed by atoms with Crippen LogP contribution in [0.5, 0.6) is 11.5 Å². The van der Waals surface area contributed by atoms with Crippen LogP contribution in [0.4, 0.5) is 11.4 Å². The molecule has 2 amide bonds. The molecule has 0 aromatic heterocycles. The van der Waals surface area contributed by atoms with Crippen molar-refractivity contribution in [1.82, 2.24) is 0 Å². The summed E-state index contributed by atoms with van der Waals surface area (Å²) >= 11 is 0. The van der Waals surface area contributed by atoms with Gasteiger partial charge in [0.25, 0.3) is 5.91 Å². The number of carbonyl (C=O) groups is 2. The molecule has 0 atom stereocenters. The van der Waals surface area contributed by atoms with E-state index in [1.54, 1.807) is 37.4 Å². The van der Waals surface area contributed by atoms with Crippen molar-refractivity contribution in [2.24, 2.45) is 23.2 Å². The van der Waals surface area contributed by atoms with Crippen molar-refractivity contribution in [1.29, 1.82) is 0 Å². The van der Waals surface area contributed by atoms with E-state index in [9.17, 15) is 9.59 Å². The Balaban J connectivity index is 1.18. The quantitative estimate of drug-likeness (QED) is 0.586. The predicted octanol–water partition coefficient (Wildman–Crippen LogP) is 5.50. The molecule has 0 spiro atoms. The lowest BCUT2D eigenvalue weighted by atomic mass is 9.49. The van der Waals surface area contributed by atoms with E-state index in [1.165, 1.54) is 45.6 Å². The standard InChI is InChI=1S/C27H32N2O4/c1-32-23-8-3-20(12-24(23)33-2)26(31)29-22-6-4-21(5-7-22)28-25(30)16-27-13-17-9-18(14-27)11-19(10-17)15-27/h3-8,12,17-19H,9-11,13-16H2,1-2H3,(H,28,30)(H,29,31). The van der Waals surface area contributed by atoms with E-state index in [4.69, 9.17) is 9.47 Å². The van der Waals surface area contributed by atoms with Crippen LogP contribution in [0.1, 0.15) is 55.3 Å². The van der Waals surface area contributed by atoms with Crippen molar-refractivity contribution in [2.75, 3.05) is 24.9 Å². The molecule has 6 rings (SSSR count). The Labute approximate surface area is 195 Å². The summed E-state index contributed by atoms with van der Waals surface area (Å²) in [7, 11) is 3.09. The molecule has 2 N–H and O–H groups in total. The first-order valence-corrected chi connectivity index (χ1v) is 11.9. The lowest BCUT2D eigenvalue weighted by molar-refractivity contribution is -0.124. The van der Waals surface area contributed by atoms with Crippen molar-refractivity contribution in [2.45, 2.75) is 44.9 Å². The summed E-state index contributed by atoms with van der Waals surface area (Å²) in [6.45, 7) is 0. The minimum absolute atomic E-state index is 0.110. The molecule has 6 nitrogen and oxygen atoms in total. The van der Waals surface area contributed by atoms with E-state index in [0.717, 1.165) is 23.4 Å². The highest BCUT2D eigenvalue weighted by Crippen LogP contribution is 2.61. The second-order valence-corrected chi connectivity index (χ2v) is 10.2. The first kappa shape index (κ1) is 21.8. The Hall–Kier alpha value is -3.02. The van der Waals surface area contributed by atoms with Crippen LogP contribution >= 0.6 is 0 Å². The van der Waals surface area contributed by atoms with Gasteiger partial charge in [-0.25, -0.2) is 0 Å². The predicted molar refractivity (Wildman–Crippen MR) is 128 cm³/mol. The minimum Gasteiger partial charge on any atom is -0.493 e. The molecule has 174 valence electrons. The Morgan fingerprint density at radius 1 is 0.818 bits per heavy atom. The number of ether oxygens (including phenoxy) is 2. The highest BCUT2D eigenvalue weighted by molar-refractivity contribution is 6.04. The third-order valence-electron chi connectivity index (χ3n) is 7.77. The molecule has 0 unspecified atom stereocenters. The van der Waals surface area contributed by atoms with E-state index in [-0.39, 0.29) is 17.2 Å². The fourth-order valence-corrected chi connectivity index (χ4v) is 6.87. The molecule has 4 bridgehead atoms. The second kappa shape index (κ2) is 8.73. The van der Waals surface area contributed by atoms with Crippen molar-refractivity contribution in [3.63, 3.8) is 0 Å². The summed E-state index contributed by atoms with van der Waals surface area (Å²) in [5.41, 5.74) is 2.12. The Bertz CT molecular complexity index is 1010. The summed E-state index contributed by atoms with van der Waals surface area (Å²) in [6, 6.07) is 12.3. The van der Waals surface area contributed by atoms with Crippen LogP contribution in [0.3, 0.4) is 0 Å². The Morgan fingerprint density at radius 3 is 1.91 bits per heavy atom. The van der Waals surface area contributed by atoms with Gasteiger partial charge in [0, 0.05) is 23.4 Å². The first-order chi connectivity index (χ1) is 15.9. The lowest BCUT2D eigenvalue weighted by Gasteiger charge is -2.56. The Kier molecular flexibility index (Phi) is 5.77. The van der Waals surface area contributed by atoms with Gasteiger partial charge < -0.3 is 20.1 Å². The van der Waals surface area contributed by atoms with Crippen molar-refractivity contribution >= 4 is 23.2 Å². The van der Waals surface area contributed by atoms with Gasteiger partial charge in [-0.05, 0) is 104 Å². The molecule has 4 aliphatic rings. The minimum atomic E-state index is -0.241. The smallest absolute Gasteiger partial charge is 0.255 e. The van der Waals surface area contributed by atoms with Gasteiger partial charge in [-0.2, -0.15) is 0 Å². The van der Waals surface area contributed by atoms with E-state index < -0.39 is 0 Å². The van der Waals surface area contributed by atoms with Crippen molar-refractivity contribution < 1.29 is 19.1 Å².